The topological polar surface area (TPSA) is 37.9 Å². The molecule has 4 aromatic rings. The minimum atomic E-state index is 0.694. The molecule has 1 N–H and O–H groups in total. The van der Waals surface area contributed by atoms with Crippen LogP contribution in [0.3, 0.4) is 0 Å². The number of unbranched alkanes of at least 4 members (excludes halogenated alkanes) is 2. The van der Waals surface area contributed by atoms with Crippen LogP contribution in [0.5, 0.6) is 0 Å². The summed E-state index contributed by atoms with van der Waals surface area (Å²) >= 11 is 0. The van der Waals surface area contributed by atoms with Gasteiger partial charge in [-0.15, -0.1) is 0 Å². The highest BCUT2D eigenvalue weighted by atomic mass is 16.5. The number of rotatable bonds is 10. The second-order valence-corrected chi connectivity index (χ2v) is 7.49. The molecule has 3 heteroatoms. The lowest BCUT2D eigenvalue weighted by molar-refractivity contribution is 0.117. The van der Waals surface area contributed by atoms with E-state index in [2.05, 4.69) is 77.8 Å². The molecule has 0 amide bonds. The van der Waals surface area contributed by atoms with Crippen molar-refractivity contribution in [1.82, 2.24) is 9.97 Å². The third-order valence-corrected chi connectivity index (χ3v) is 5.18. The lowest BCUT2D eigenvalue weighted by atomic mass is 10.1. The second kappa shape index (κ2) is 10.6. The van der Waals surface area contributed by atoms with Crippen molar-refractivity contribution in [2.75, 3.05) is 6.61 Å². The first-order chi connectivity index (χ1) is 14.9. The number of aryl methyl sites for hydroxylation is 1. The quantitative estimate of drug-likeness (QED) is 0.304. The molecule has 152 valence electrons. The van der Waals surface area contributed by atoms with E-state index in [4.69, 9.17) is 9.72 Å². The molecule has 3 nitrogen and oxygen atoms in total. The largest absolute Gasteiger partial charge is 0.377 e. The van der Waals surface area contributed by atoms with Gasteiger partial charge in [0.2, 0.25) is 0 Å². The zero-order valence-electron chi connectivity index (χ0n) is 17.3. The van der Waals surface area contributed by atoms with Gasteiger partial charge in [-0.3, -0.25) is 0 Å². The molecule has 0 aliphatic heterocycles. The molecule has 0 atom stereocenters. The van der Waals surface area contributed by atoms with E-state index in [9.17, 15) is 0 Å². The Labute approximate surface area is 178 Å². The van der Waals surface area contributed by atoms with Gasteiger partial charge in [0.25, 0.3) is 0 Å². The first kappa shape index (κ1) is 20.1. The summed E-state index contributed by atoms with van der Waals surface area (Å²) in [5, 5.41) is 0. The number of aromatic nitrogens is 2. The van der Waals surface area contributed by atoms with Crippen molar-refractivity contribution in [3.8, 4) is 22.5 Å². The Morgan fingerprint density at radius 2 is 1.30 bits per heavy atom. The molecule has 0 spiro atoms. The maximum absolute atomic E-state index is 5.79. The molecule has 0 aliphatic carbocycles. The van der Waals surface area contributed by atoms with E-state index in [0.717, 1.165) is 55.1 Å². The Morgan fingerprint density at radius 3 is 2.00 bits per heavy atom. The van der Waals surface area contributed by atoms with Crippen LogP contribution in [0.15, 0.2) is 91.0 Å². The Kier molecular flexibility index (Phi) is 7.08. The summed E-state index contributed by atoms with van der Waals surface area (Å²) in [5.41, 5.74) is 5.68. The molecule has 30 heavy (non-hydrogen) atoms. The number of imidazole rings is 1. The van der Waals surface area contributed by atoms with Gasteiger partial charge in [-0.2, -0.15) is 0 Å². The highest BCUT2D eigenvalue weighted by Gasteiger charge is 2.13. The third kappa shape index (κ3) is 5.46. The number of hydrogen-bond acceptors (Lipinski definition) is 2. The molecule has 0 radical (unpaired) electrons. The normalized spacial score (nSPS) is 10.9. The minimum Gasteiger partial charge on any atom is -0.377 e. The number of nitrogens with one attached hydrogen (secondary N) is 1. The summed E-state index contributed by atoms with van der Waals surface area (Å²) in [6, 6.07) is 31.2. The number of H-pyrrole nitrogens is 1. The van der Waals surface area contributed by atoms with E-state index >= 15 is 0 Å². The lowest BCUT2D eigenvalue weighted by Crippen LogP contribution is -1.96. The molecule has 0 aliphatic rings. The van der Waals surface area contributed by atoms with Gasteiger partial charge in [0.15, 0.2) is 0 Å². The van der Waals surface area contributed by atoms with Crippen LogP contribution < -0.4 is 0 Å². The average molecular weight is 397 g/mol. The van der Waals surface area contributed by atoms with E-state index in [1.807, 2.05) is 18.2 Å². The summed E-state index contributed by atoms with van der Waals surface area (Å²) in [7, 11) is 0. The summed E-state index contributed by atoms with van der Waals surface area (Å²) in [4.78, 5) is 8.52. The van der Waals surface area contributed by atoms with Crippen molar-refractivity contribution >= 4 is 0 Å². The fraction of sp³-hybridized carbons (Fsp3) is 0.222. The van der Waals surface area contributed by atoms with Gasteiger partial charge in [0.05, 0.1) is 18.0 Å². The molecule has 1 heterocycles. The van der Waals surface area contributed by atoms with Gasteiger partial charge < -0.3 is 9.72 Å². The van der Waals surface area contributed by atoms with Crippen molar-refractivity contribution in [2.24, 2.45) is 0 Å². The van der Waals surface area contributed by atoms with Crippen LogP contribution in [0.4, 0.5) is 0 Å². The van der Waals surface area contributed by atoms with Crippen LogP contribution in [-0.4, -0.2) is 16.6 Å². The van der Waals surface area contributed by atoms with Crippen LogP contribution in [0.25, 0.3) is 22.5 Å². The molecule has 0 saturated carbocycles. The zero-order valence-corrected chi connectivity index (χ0v) is 17.3. The monoisotopic (exact) mass is 396 g/mol. The van der Waals surface area contributed by atoms with Crippen LogP contribution in [-0.2, 0) is 17.8 Å². The summed E-state index contributed by atoms with van der Waals surface area (Å²) in [5.74, 6) is 1.05. The van der Waals surface area contributed by atoms with Gasteiger partial charge in [0.1, 0.15) is 5.82 Å². The number of benzene rings is 3. The Bertz CT molecular complexity index is 954. The smallest absolute Gasteiger partial charge is 0.107 e. The van der Waals surface area contributed by atoms with Crippen molar-refractivity contribution in [1.29, 1.82) is 0 Å². The highest BCUT2D eigenvalue weighted by Crippen LogP contribution is 2.30. The SMILES string of the molecule is c1ccc(COCCCCCc2nc(-c3ccccc3)c(-c3ccccc3)[nH]2)cc1. The Hall–Kier alpha value is -3.17. The summed E-state index contributed by atoms with van der Waals surface area (Å²) < 4.78 is 5.79. The van der Waals surface area contributed by atoms with Crippen LogP contribution in [0.2, 0.25) is 0 Å². The summed E-state index contributed by atoms with van der Waals surface area (Å²) in [6.45, 7) is 1.50. The number of nitrogens with zero attached hydrogens (tertiary/aromatic N) is 1. The highest BCUT2D eigenvalue weighted by molar-refractivity contribution is 5.78. The van der Waals surface area contributed by atoms with E-state index in [1.165, 1.54) is 11.1 Å². The number of hydrogen-bond donors (Lipinski definition) is 1. The van der Waals surface area contributed by atoms with Crippen LogP contribution in [0, 0.1) is 0 Å². The van der Waals surface area contributed by atoms with E-state index in [-0.39, 0.29) is 0 Å². The molecule has 1 aromatic heterocycles. The van der Waals surface area contributed by atoms with Crippen molar-refractivity contribution < 1.29 is 4.74 Å². The predicted molar refractivity (Wildman–Crippen MR) is 123 cm³/mol. The first-order valence-electron chi connectivity index (χ1n) is 10.7. The van der Waals surface area contributed by atoms with Crippen molar-refractivity contribution in [3.63, 3.8) is 0 Å². The Balaban J connectivity index is 1.31. The second-order valence-electron chi connectivity index (χ2n) is 7.49. The molecule has 4 rings (SSSR count). The van der Waals surface area contributed by atoms with Gasteiger partial charge in [-0.1, -0.05) is 97.4 Å². The molecular formula is C27H28N2O. The van der Waals surface area contributed by atoms with Crippen molar-refractivity contribution in [2.45, 2.75) is 32.3 Å². The fourth-order valence-electron chi connectivity index (χ4n) is 3.60. The molecule has 3 aromatic carbocycles. The van der Waals surface area contributed by atoms with E-state index < -0.39 is 0 Å². The van der Waals surface area contributed by atoms with Gasteiger partial charge in [-0.25, -0.2) is 4.98 Å². The lowest BCUT2D eigenvalue weighted by Gasteiger charge is -2.04. The van der Waals surface area contributed by atoms with Crippen LogP contribution in [0.1, 0.15) is 30.7 Å². The molecule has 0 saturated heterocycles. The summed E-state index contributed by atoms with van der Waals surface area (Å²) in [6.07, 6.45) is 4.26. The first-order valence-corrected chi connectivity index (χ1v) is 10.7. The standard InChI is InChI=1S/C27H28N2O/c1-5-13-22(14-6-1)21-30-20-12-4-11-19-25-28-26(23-15-7-2-8-16-23)27(29-25)24-17-9-3-10-18-24/h1-3,5-10,13-18H,4,11-12,19-21H2,(H,28,29). The number of ether oxygens (including phenoxy) is 1. The maximum atomic E-state index is 5.79. The van der Waals surface area contributed by atoms with Crippen molar-refractivity contribution in [3.05, 3.63) is 102 Å². The average Bonchev–Trinajstić information content (AvgIpc) is 3.24. The zero-order chi connectivity index (χ0) is 20.4. The van der Waals surface area contributed by atoms with E-state index in [1.54, 1.807) is 0 Å². The molecule has 0 unspecified atom stereocenters. The van der Waals surface area contributed by atoms with Gasteiger partial charge >= 0.3 is 0 Å². The molecule has 0 fully saturated rings. The molecular weight excluding hydrogens is 368 g/mol. The minimum absolute atomic E-state index is 0.694. The Morgan fingerprint density at radius 1 is 0.667 bits per heavy atom. The third-order valence-electron chi connectivity index (χ3n) is 5.18. The fourth-order valence-corrected chi connectivity index (χ4v) is 3.60. The van der Waals surface area contributed by atoms with E-state index in [0.29, 0.717) is 6.61 Å². The van der Waals surface area contributed by atoms with Gasteiger partial charge in [-0.05, 0) is 18.4 Å². The van der Waals surface area contributed by atoms with Gasteiger partial charge in [0, 0.05) is 24.2 Å². The van der Waals surface area contributed by atoms with Crippen LogP contribution >= 0.6 is 0 Å². The maximum Gasteiger partial charge on any atom is 0.107 e. The molecule has 0 bridgehead atoms. The predicted octanol–water partition coefficient (Wildman–Crippen LogP) is 6.67. The number of aromatic amines is 1.